The Morgan fingerprint density at radius 1 is 1.25 bits per heavy atom. The van der Waals surface area contributed by atoms with E-state index in [4.69, 9.17) is 0 Å². The molecule has 1 aromatic carbocycles. The normalized spacial score (nSPS) is 13.3. The maximum absolute atomic E-state index is 11.5. The van der Waals surface area contributed by atoms with Gasteiger partial charge in [-0.1, -0.05) is 18.2 Å². The highest BCUT2D eigenvalue weighted by atomic mass is 32.2. The molecule has 0 fully saturated rings. The first-order valence-electron chi connectivity index (χ1n) is 3.93. The second kappa shape index (κ2) is 4.50. The van der Waals surface area contributed by atoms with Gasteiger partial charge in [0.1, 0.15) is 0 Å². The molecule has 2 nitrogen and oxygen atoms in total. The Morgan fingerprint density at radius 2 is 1.83 bits per heavy atom. The molecule has 3 heteroatoms. The predicted molar refractivity (Wildman–Crippen MR) is 51.1 cm³/mol. The lowest BCUT2D eigenvalue weighted by molar-refractivity contribution is 0.569. The summed E-state index contributed by atoms with van der Waals surface area (Å²) in [6, 6.07) is 9.63. The monoisotopic (exact) mass is 183 g/mol. The summed E-state index contributed by atoms with van der Waals surface area (Å²) in [7, 11) is 0. The number of hydrogen-bond donors (Lipinski definition) is 1. The summed E-state index contributed by atoms with van der Waals surface area (Å²) in [5.74, 6) is 0. The first-order valence-corrected chi connectivity index (χ1v) is 5.08. The zero-order valence-electron chi connectivity index (χ0n) is 7.28. The summed E-state index contributed by atoms with van der Waals surface area (Å²) >= 11 is -1.06. The third-order valence-electron chi connectivity index (χ3n) is 1.30. The summed E-state index contributed by atoms with van der Waals surface area (Å²) in [6.07, 6.45) is 0. The lowest BCUT2D eigenvalue weighted by atomic mass is 10.4. The van der Waals surface area contributed by atoms with Gasteiger partial charge in [0.2, 0.25) is 0 Å². The minimum Gasteiger partial charge on any atom is -0.593 e. The van der Waals surface area contributed by atoms with Crippen molar-refractivity contribution in [2.75, 3.05) is 0 Å². The van der Waals surface area contributed by atoms with Gasteiger partial charge < -0.3 is 4.55 Å². The van der Waals surface area contributed by atoms with Crippen molar-refractivity contribution in [2.24, 2.45) is 0 Å². The van der Waals surface area contributed by atoms with Gasteiger partial charge in [0.25, 0.3) is 0 Å². The van der Waals surface area contributed by atoms with Crippen molar-refractivity contribution in [3.63, 3.8) is 0 Å². The Bertz CT molecular complexity index is 225. The molecule has 1 N–H and O–H groups in total. The first kappa shape index (κ1) is 9.58. The van der Waals surface area contributed by atoms with Gasteiger partial charge >= 0.3 is 0 Å². The molecule has 1 unspecified atom stereocenters. The van der Waals surface area contributed by atoms with Crippen LogP contribution in [0.4, 0.5) is 0 Å². The van der Waals surface area contributed by atoms with Crippen LogP contribution in [0.1, 0.15) is 13.8 Å². The van der Waals surface area contributed by atoms with E-state index in [0.29, 0.717) is 0 Å². The average Bonchev–Trinajstić information content (AvgIpc) is 2.05. The van der Waals surface area contributed by atoms with Crippen LogP contribution < -0.4 is 4.72 Å². The molecular formula is C9H13NOS. The fourth-order valence-corrected chi connectivity index (χ4v) is 1.79. The van der Waals surface area contributed by atoms with Gasteiger partial charge in [0, 0.05) is 6.04 Å². The molecule has 0 saturated heterocycles. The Kier molecular flexibility index (Phi) is 3.59. The molecule has 1 atom stereocenters. The smallest absolute Gasteiger partial charge is 0.173 e. The van der Waals surface area contributed by atoms with Crippen LogP contribution in [-0.4, -0.2) is 10.6 Å². The molecule has 0 aliphatic heterocycles. The van der Waals surface area contributed by atoms with E-state index in [9.17, 15) is 4.55 Å². The summed E-state index contributed by atoms with van der Waals surface area (Å²) in [5.41, 5.74) is 0. The van der Waals surface area contributed by atoms with Crippen molar-refractivity contribution in [3.05, 3.63) is 30.3 Å². The van der Waals surface area contributed by atoms with Crippen LogP contribution in [0.3, 0.4) is 0 Å². The molecule has 1 aromatic rings. The fourth-order valence-electron chi connectivity index (χ4n) is 0.826. The number of rotatable bonds is 3. The molecule has 0 aromatic heterocycles. The topological polar surface area (TPSA) is 35.1 Å². The highest BCUT2D eigenvalue weighted by Gasteiger charge is 2.10. The molecule has 0 aliphatic carbocycles. The summed E-state index contributed by atoms with van der Waals surface area (Å²) in [5, 5.41) is 0. The van der Waals surface area contributed by atoms with Crippen molar-refractivity contribution < 1.29 is 4.55 Å². The largest absolute Gasteiger partial charge is 0.593 e. The van der Waals surface area contributed by atoms with E-state index in [2.05, 4.69) is 4.72 Å². The Morgan fingerprint density at radius 3 is 2.33 bits per heavy atom. The van der Waals surface area contributed by atoms with E-state index in [1.54, 1.807) is 0 Å². The van der Waals surface area contributed by atoms with Gasteiger partial charge in [0.15, 0.2) is 4.90 Å². The predicted octanol–water partition coefficient (Wildman–Crippen LogP) is 1.71. The molecule has 0 saturated carbocycles. The molecule has 1 rings (SSSR count). The minimum atomic E-state index is -1.06. The molecule has 0 amide bonds. The Labute approximate surface area is 76.3 Å². The van der Waals surface area contributed by atoms with Crippen LogP contribution in [-0.2, 0) is 11.4 Å². The molecule has 12 heavy (non-hydrogen) atoms. The molecule has 66 valence electrons. The summed E-state index contributed by atoms with van der Waals surface area (Å²) in [6.45, 7) is 3.95. The molecule has 0 aliphatic rings. The van der Waals surface area contributed by atoms with Crippen molar-refractivity contribution in [2.45, 2.75) is 24.8 Å². The lowest BCUT2D eigenvalue weighted by Crippen LogP contribution is -2.30. The summed E-state index contributed by atoms with van der Waals surface area (Å²) < 4.78 is 14.4. The van der Waals surface area contributed by atoms with Crippen LogP contribution in [0.2, 0.25) is 0 Å². The highest BCUT2D eigenvalue weighted by Crippen LogP contribution is 2.07. The number of benzene rings is 1. The van der Waals surface area contributed by atoms with Gasteiger partial charge in [-0.2, -0.15) is 0 Å². The van der Waals surface area contributed by atoms with Gasteiger partial charge in [0.05, 0.1) is 11.4 Å². The fraction of sp³-hybridized carbons (Fsp3) is 0.333. The van der Waals surface area contributed by atoms with Gasteiger partial charge in [-0.15, -0.1) is 4.72 Å². The Hall–Kier alpha value is -0.510. The highest BCUT2D eigenvalue weighted by molar-refractivity contribution is 7.89. The first-order chi connectivity index (χ1) is 5.70. The SMILES string of the molecule is CC(C)N[S+]([O-])c1ccccc1. The van der Waals surface area contributed by atoms with Gasteiger partial charge in [-0.3, -0.25) is 0 Å². The molecule has 0 spiro atoms. The third-order valence-corrected chi connectivity index (χ3v) is 2.69. The van der Waals surface area contributed by atoms with Crippen LogP contribution >= 0.6 is 0 Å². The van der Waals surface area contributed by atoms with Crippen LogP contribution in [0.25, 0.3) is 0 Å². The van der Waals surface area contributed by atoms with E-state index in [1.807, 2.05) is 44.2 Å². The lowest BCUT2D eigenvalue weighted by Gasteiger charge is -2.12. The van der Waals surface area contributed by atoms with Gasteiger partial charge in [-0.25, -0.2) is 0 Å². The number of hydrogen-bond acceptors (Lipinski definition) is 2. The van der Waals surface area contributed by atoms with Crippen molar-refractivity contribution >= 4 is 11.4 Å². The van der Waals surface area contributed by atoms with Crippen LogP contribution in [0.15, 0.2) is 35.2 Å². The second-order valence-electron chi connectivity index (χ2n) is 2.85. The zero-order valence-corrected chi connectivity index (χ0v) is 8.10. The molecule has 0 bridgehead atoms. The van der Waals surface area contributed by atoms with Gasteiger partial charge in [-0.05, 0) is 26.0 Å². The van der Waals surface area contributed by atoms with E-state index >= 15 is 0 Å². The average molecular weight is 183 g/mol. The van der Waals surface area contributed by atoms with E-state index in [0.717, 1.165) is 4.90 Å². The van der Waals surface area contributed by atoms with Crippen LogP contribution in [0, 0.1) is 0 Å². The molecule has 0 radical (unpaired) electrons. The minimum absolute atomic E-state index is 0.242. The Balaban J connectivity index is 2.59. The zero-order chi connectivity index (χ0) is 8.97. The van der Waals surface area contributed by atoms with Crippen molar-refractivity contribution in [1.82, 2.24) is 4.72 Å². The summed E-state index contributed by atoms with van der Waals surface area (Å²) in [4.78, 5) is 0.825. The number of nitrogens with one attached hydrogen (secondary N) is 1. The quantitative estimate of drug-likeness (QED) is 0.724. The second-order valence-corrected chi connectivity index (χ2v) is 4.10. The van der Waals surface area contributed by atoms with E-state index in [1.165, 1.54) is 0 Å². The molecule has 0 heterocycles. The standard InChI is InChI=1S/C9H13NOS/c1-8(2)10-12(11)9-6-4-3-5-7-9/h3-8,10H,1-2H3. The van der Waals surface area contributed by atoms with Crippen molar-refractivity contribution in [3.8, 4) is 0 Å². The van der Waals surface area contributed by atoms with Crippen molar-refractivity contribution in [1.29, 1.82) is 0 Å². The van der Waals surface area contributed by atoms with E-state index < -0.39 is 11.4 Å². The van der Waals surface area contributed by atoms with Crippen LogP contribution in [0.5, 0.6) is 0 Å². The maximum Gasteiger partial charge on any atom is 0.173 e. The molecular weight excluding hydrogens is 170 g/mol. The maximum atomic E-state index is 11.5. The third kappa shape index (κ3) is 2.85. The van der Waals surface area contributed by atoms with E-state index in [-0.39, 0.29) is 6.04 Å².